The van der Waals surface area contributed by atoms with Crippen LogP contribution in [0.15, 0.2) is 4.99 Å². The first-order valence-electron chi connectivity index (χ1n) is 7.53. The van der Waals surface area contributed by atoms with Gasteiger partial charge in [0.1, 0.15) is 11.6 Å². The zero-order valence-corrected chi connectivity index (χ0v) is 12.6. The van der Waals surface area contributed by atoms with Crippen LogP contribution in [-0.4, -0.2) is 40.4 Å². The Hall–Kier alpha value is -1.59. The molecule has 0 bridgehead atoms. The molecule has 2 aliphatic rings. The van der Waals surface area contributed by atoms with E-state index in [-0.39, 0.29) is 0 Å². The number of aryl methyl sites for hydroxylation is 2. The molecule has 1 aliphatic carbocycles. The normalized spacial score (nSPS) is 28.9. The molecule has 6 heteroatoms. The topological polar surface area (TPSA) is 67.1 Å². The van der Waals surface area contributed by atoms with Gasteiger partial charge in [-0.25, -0.2) is 0 Å². The fourth-order valence-corrected chi connectivity index (χ4v) is 2.83. The molecule has 20 heavy (non-hydrogen) atoms. The second-order valence-electron chi connectivity index (χ2n) is 6.10. The second-order valence-corrected chi connectivity index (χ2v) is 6.10. The highest BCUT2D eigenvalue weighted by molar-refractivity contribution is 5.80. The molecule has 1 aliphatic heterocycles. The van der Waals surface area contributed by atoms with Crippen LogP contribution in [0.3, 0.4) is 0 Å². The maximum Gasteiger partial charge on any atom is 0.191 e. The number of nitrogens with zero attached hydrogens (tertiary/aromatic N) is 4. The van der Waals surface area contributed by atoms with Gasteiger partial charge in [-0.2, -0.15) is 0 Å². The Morgan fingerprint density at radius 2 is 2.25 bits per heavy atom. The van der Waals surface area contributed by atoms with Crippen LogP contribution >= 0.6 is 0 Å². The SMILES string of the molecule is CN=C(NCC1CCc2nnc(C)n2C1)NC1CC1C. The van der Waals surface area contributed by atoms with Crippen LogP contribution in [0.25, 0.3) is 0 Å². The monoisotopic (exact) mass is 276 g/mol. The Balaban J connectivity index is 1.50. The summed E-state index contributed by atoms with van der Waals surface area (Å²) in [5.74, 6) is 4.50. The lowest BCUT2D eigenvalue weighted by Gasteiger charge is -2.25. The highest BCUT2D eigenvalue weighted by atomic mass is 15.3. The third-order valence-electron chi connectivity index (χ3n) is 4.44. The molecule has 0 aromatic carbocycles. The van der Waals surface area contributed by atoms with Crippen molar-refractivity contribution in [1.82, 2.24) is 25.4 Å². The fraction of sp³-hybridized carbons (Fsp3) is 0.786. The standard InChI is InChI=1S/C14H24N6/c1-9-6-12(9)17-14(15-3)16-7-11-4-5-13-19-18-10(2)20(13)8-11/h9,11-12H,4-8H2,1-3H3,(H2,15,16,17). The molecule has 1 saturated carbocycles. The minimum atomic E-state index is 0.610. The molecule has 2 heterocycles. The summed E-state index contributed by atoms with van der Waals surface area (Å²) in [5.41, 5.74) is 0. The van der Waals surface area contributed by atoms with E-state index in [1.807, 2.05) is 14.0 Å². The quantitative estimate of drug-likeness (QED) is 0.631. The third kappa shape index (κ3) is 2.78. The highest BCUT2D eigenvalue weighted by Crippen LogP contribution is 2.28. The van der Waals surface area contributed by atoms with E-state index in [2.05, 4.69) is 37.3 Å². The van der Waals surface area contributed by atoms with Gasteiger partial charge in [0, 0.05) is 32.6 Å². The van der Waals surface area contributed by atoms with Crippen molar-refractivity contribution in [3.05, 3.63) is 11.6 Å². The van der Waals surface area contributed by atoms with Crippen molar-refractivity contribution in [3.63, 3.8) is 0 Å². The number of hydrogen-bond donors (Lipinski definition) is 2. The Kier molecular flexibility index (Phi) is 3.63. The summed E-state index contributed by atoms with van der Waals surface area (Å²) in [5, 5.41) is 15.3. The Morgan fingerprint density at radius 3 is 2.95 bits per heavy atom. The van der Waals surface area contributed by atoms with Crippen molar-refractivity contribution >= 4 is 5.96 Å². The van der Waals surface area contributed by atoms with Gasteiger partial charge in [0.05, 0.1) is 0 Å². The van der Waals surface area contributed by atoms with Crippen molar-refractivity contribution in [2.45, 2.75) is 45.7 Å². The average Bonchev–Trinajstić information content (AvgIpc) is 3.03. The fourth-order valence-electron chi connectivity index (χ4n) is 2.83. The molecular formula is C14H24N6. The molecule has 0 radical (unpaired) electrons. The highest BCUT2D eigenvalue weighted by Gasteiger charge is 2.33. The number of rotatable bonds is 3. The zero-order valence-electron chi connectivity index (χ0n) is 12.6. The van der Waals surface area contributed by atoms with Gasteiger partial charge >= 0.3 is 0 Å². The molecule has 110 valence electrons. The minimum absolute atomic E-state index is 0.610. The van der Waals surface area contributed by atoms with Crippen LogP contribution in [0.2, 0.25) is 0 Å². The number of aliphatic imine (C=N–C) groups is 1. The molecule has 3 atom stereocenters. The van der Waals surface area contributed by atoms with Crippen LogP contribution in [0.5, 0.6) is 0 Å². The van der Waals surface area contributed by atoms with Crippen LogP contribution in [0.4, 0.5) is 0 Å². The maximum absolute atomic E-state index is 4.30. The lowest BCUT2D eigenvalue weighted by atomic mass is 9.99. The predicted molar refractivity (Wildman–Crippen MR) is 78.6 cm³/mol. The predicted octanol–water partition coefficient (Wildman–Crippen LogP) is 0.722. The van der Waals surface area contributed by atoms with Gasteiger partial charge in [-0.3, -0.25) is 4.99 Å². The largest absolute Gasteiger partial charge is 0.356 e. The third-order valence-corrected chi connectivity index (χ3v) is 4.44. The number of hydrogen-bond acceptors (Lipinski definition) is 3. The first kappa shape index (κ1) is 13.4. The summed E-state index contributed by atoms with van der Waals surface area (Å²) < 4.78 is 2.25. The first-order chi connectivity index (χ1) is 9.67. The summed E-state index contributed by atoms with van der Waals surface area (Å²) in [6.07, 6.45) is 3.45. The van der Waals surface area contributed by atoms with E-state index in [1.54, 1.807) is 0 Å². The second kappa shape index (κ2) is 5.42. The van der Waals surface area contributed by atoms with E-state index in [0.717, 1.165) is 43.0 Å². The lowest BCUT2D eigenvalue weighted by molar-refractivity contribution is 0.358. The molecule has 3 unspecified atom stereocenters. The van der Waals surface area contributed by atoms with Crippen molar-refractivity contribution in [2.24, 2.45) is 16.8 Å². The molecule has 0 amide bonds. The van der Waals surface area contributed by atoms with Gasteiger partial charge in [-0.15, -0.1) is 10.2 Å². The van der Waals surface area contributed by atoms with Crippen molar-refractivity contribution < 1.29 is 0 Å². The van der Waals surface area contributed by atoms with Crippen molar-refractivity contribution in [1.29, 1.82) is 0 Å². The van der Waals surface area contributed by atoms with E-state index in [1.165, 1.54) is 12.8 Å². The van der Waals surface area contributed by atoms with Gasteiger partial charge in [-0.1, -0.05) is 6.92 Å². The molecule has 1 aromatic rings. The molecule has 1 aromatic heterocycles. The van der Waals surface area contributed by atoms with E-state index < -0.39 is 0 Å². The summed E-state index contributed by atoms with van der Waals surface area (Å²) in [6.45, 7) is 6.26. The summed E-state index contributed by atoms with van der Waals surface area (Å²) in [6, 6.07) is 0.610. The number of aromatic nitrogens is 3. The molecule has 0 saturated heterocycles. The lowest BCUT2D eigenvalue weighted by Crippen LogP contribution is -2.42. The average molecular weight is 276 g/mol. The van der Waals surface area contributed by atoms with Gasteiger partial charge in [0.15, 0.2) is 5.96 Å². The Labute approximate surface area is 120 Å². The zero-order chi connectivity index (χ0) is 14.1. The van der Waals surface area contributed by atoms with E-state index >= 15 is 0 Å². The first-order valence-corrected chi connectivity index (χ1v) is 7.53. The van der Waals surface area contributed by atoms with Gasteiger partial charge in [0.25, 0.3) is 0 Å². The minimum Gasteiger partial charge on any atom is -0.356 e. The Morgan fingerprint density at radius 1 is 1.45 bits per heavy atom. The number of nitrogens with one attached hydrogen (secondary N) is 2. The van der Waals surface area contributed by atoms with E-state index in [4.69, 9.17) is 0 Å². The van der Waals surface area contributed by atoms with Crippen LogP contribution in [-0.2, 0) is 13.0 Å². The van der Waals surface area contributed by atoms with Crippen LogP contribution < -0.4 is 10.6 Å². The van der Waals surface area contributed by atoms with Gasteiger partial charge in [-0.05, 0) is 31.6 Å². The van der Waals surface area contributed by atoms with Crippen molar-refractivity contribution in [3.8, 4) is 0 Å². The summed E-state index contributed by atoms with van der Waals surface area (Å²) in [7, 11) is 1.84. The molecule has 0 spiro atoms. The molecule has 6 nitrogen and oxygen atoms in total. The summed E-state index contributed by atoms with van der Waals surface area (Å²) in [4.78, 5) is 4.30. The van der Waals surface area contributed by atoms with Crippen molar-refractivity contribution in [2.75, 3.05) is 13.6 Å². The smallest absolute Gasteiger partial charge is 0.191 e. The van der Waals surface area contributed by atoms with Gasteiger partial charge < -0.3 is 15.2 Å². The number of guanidine groups is 1. The van der Waals surface area contributed by atoms with Gasteiger partial charge in [0.2, 0.25) is 0 Å². The maximum atomic E-state index is 4.30. The van der Waals surface area contributed by atoms with E-state index in [0.29, 0.717) is 12.0 Å². The van der Waals surface area contributed by atoms with E-state index in [9.17, 15) is 0 Å². The molecule has 1 fully saturated rings. The molecule has 2 N–H and O–H groups in total. The van der Waals surface area contributed by atoms with Crippen LogP contribution in [0.1, 0.15) is 31.4 Å². The molecule has 3 rings (SSSR count). The molecular weight excluding hydrogens is 252 g/mol. The Bertz CT molecular complexity index is 506. The van der Waals surface area contributed by atoms with Crippen LogP contribution in [0, 0.1) is 18.8 Å². The summed E-state index contributed by atoms with van der Waals surface area (Å²) >= 11 is 0. The number of fused-ring (bicyclic) bond motifs is 1.